The Kier molecular flexibility index (Phi) is 6.05. The highest BCUT2D eigenvalue weighted by molar-refractivity contribution is 7.89. The topological polar surface area (TPSA) is 78.0 Å². The van der Waals surface area contributed by atoms with E-state index >= 15 is 0 Å². The summed E-state index contributed by atoms with van der Waals surface area (Å²) in [7, 11) is -3.92. The molecule has 2 N–H and O–H groups in total. The van der Waals surface area contributed by atoms with E-state index in [1.165, 1.54) is 28.9 Å². The van der Waals surface area contributed by atoms with Crippen molar-refractivity contribution in [3.63, 3.8) is 0 Å². The van der Waals surface area contributed by atoms with Crippen LogP contribution in [0.3, 0.4) is 0 Å². The monoisotopic (exact) mass is 493 g/mol. The molecule has 4 rings (SSSR count). The zero-order valence-corrected chi connectivity index (χ0v) is 18.5. The van der Waals surface area contributed by atoms with E-state index in [0.29, 0.717) is 32.6 Å². The molecule has 0 radical (unpaired) electrons. The predicted molar refractivity (Wildman–Crippen MR) is 121 cm³/mol. The molecule has 0 unspecified atom stereocenters. The number of halogens is 4. The van der Waals surface area contributed by atoms with Gasteiger partial charge in [0.2, 0.25) is 10.0 Å². The zero-order chi connectivity index (χ0) is 23.0. The van der Waals surface area contributed by atoms with Gasteiger partial charge in [0.15, 0.2) is 0 Å². The first-order chi connectivity index (χ1) is 15.1. The summed E-state index contributed by atoms with van der Waals surface area (Å²) >= 11 is 12.0. The van der Waals surface area contributed by atoms with Gasteiger partial charge in [-0.2, -0.15) is 5.10 Å². The van der Waals surface area contributed by atoms with Gasteiger partial charge in [-0.25, -0.2) is 27.0 Å². The van der Waals surface area contributed by atoms with Crippen molar-refractivity contribution in [1.82, 2.24) is 9.78 Å². The molecule has 32 heavy (non-hydrogen) atoms. The molecule has 4 aromatic rings. The average molecular weight is 494 g/mol. The van der Waals surface area contributed by atoms with E-state index in [4.69, 9.17) is 28.3 Å². The maximum absolute atomic E-state index is 14.1. The normalized spacial score (nSPS) is 11.8. The first-order valence-corrected chi connectivity index (χ1v) is 11.5. The summed E-state index contributed by atoms with van der Waals surface area (Å²) in [4.78, 5) is -0.0964. The molecule has 0 aliphatic carbocycles. The van der Waals surface area contributed by atoms with Gasteiger partial charge in [0.25, 0.3) is 6.43 Å². The van der Waals surface area contributed by atoms with E-state index in [1.54, 1.807) is 48.5 Å². The number of nitrogens with two attached hydrogens (primary N) is 1. The Morgan fingerprint density at radius 1 is 0.812 bits per heavy atom. The number of alkyl halides is 2. The van der Waals surface area contributed by atoms with E-state index in [2.05, 4.69) is 5.10 Å². The zero-order valence-electron chi connectivity index (χ0n) is 16.2. The molecule has 0 bridgehead atoms. The van der Waals surface area contributed by atoms with Gasteiger partial charge in [0.1, 0.15) is 5.69 Å². The number of benzene rings is 3. The standard InChI is InChI=1S/C22H15Cl2F2N3O2S/c23-15-5-1-13(2-6-15)19-20(22(25)26)28-29(17-9-7-16(24)8-10-17)21(19)14-3-11-18(12-4-14)32(27,30)31/h1-12,22H,(H2,27,30,31). The quantitative estimate of drug-likeness (QED) is 0.364. The molecule has 1 heterocycles. The van der Waals surface area contributed by atoms with Gasteiger partial charge in [-0.1, -0.05) is 47.5 Å². The lowest BCUT2D eigenvalue weighted by molar-refractivity contribution is 0.146. The number of sulfonamides is 1. The number of rotatable bonds is 5. The third kappa shape index (κ3) is 4.40. The highest BCUT2D eigenvalue weighted by Crippen LogP contribution is 2.41. The van der Waals surface area contributed by atoms with Gasteiger partial charge in [-0.15, -0.1) is 0 Å². The second kappa shape index (κ2) is 8.63. The molecule has 0 atom stereocenters. The van der Waals surface area contributed by atoms with Gasteiger partial charge in [-0.05, 0) is 54.1 Å². The van der Waals surface area contributed by atoms with Gasteiger partial charge in [0, 0.05) is 21.2 Å². The Balaban J connectivity index is 2.04. The van der Waals surface area contributed by atoms with Crippen LogP contribution in [-0.4, -0.2) is 18.2 Å². The van der Waals surface area contributed by atoms with Crippen LogP contribution in [0.2, 0.25) is 10.0 Å². The number of primary sulfonamides is 1. The minimum Gasteiger partial charge on any atom is -0.232 e. The van der Waals surface area contributed by atoms with Crippen LogP contribution in [0, 0.1) is 0 Å². The van der Waals surface area contributed by atoms with Crippen molar-refractivity contribution in [1.29, 1.82) is 0 Å². The van der Waals surface area contributed by atoms with E-state index in [1.807, 2.05) is 0 Å². The van der Waals surface area contributed by atoms with Crippen molar-refractivity contribution in [2.45, 2.75) is 11.3 Å². The lowest BCUT2D eigenvalue weighted by Crippen LogP contribution is -2.11. The van der Waals surface area contributed by atoms with Crippen molar-refractivity contribution in [3.05, 3.63) is 88.5 Å². The fourth-order valence-electron chi connectivity index (χ4n) is 3.33. The average Bonchev–Trinajstić information content (AvgIpc) is 3.15. The Morgan fingerprint density at radius 3 is 1.81 bits per heavy atom. The molecule has 3 aromatic carbocycles. The van der Waals surface area contributed by atoms with Crippen molar-refractivity contribution in [2.75, 3.05) is 0 Å². The summed E-state index contributed by atoms with van der Waals surface area (Å²) in [5.41, 5.74) is 1.59. The minimum atomic E-state index is -3.92. The molecule has 0 aliphatic rings. The predicted octanol–water partition coefficient (Wildman–Crippen LogP) is 6.10. The second-order valence-corrected chi connectivity index (χ2v) is 9.31. The third-order valence-electron chi connectivity index (χ3n) is 4.78. The number of aromatic nitrogens is 2. The van der Waals surface area contributed by atoms with Crippen LogP contribution < -0.4 is 5.14 Å². The molecule has 0 aliphatic heterocycles. The molecule has 0 spiro atoms. The smallest absolute Gasteiger partial charge is 0.232 e. The molecule has 0 amide bonds. The fourth-order valence-corrected chi connectivity index (χ4v) is 4.09. The van der Waals surface area contributed by atoms with Crippen molar-refractivity contribution < 1.29 is 17.2 Å². The summed E-state index contributed by atoms with van der Waals surface area (Å²) in [6.07, 6.45) is -2.86. The Labute approximate surface area is 193 Å². The van der Waals surface area contributed by atoms with E-state index in [-0.39, 0.29) is 10.5 Å². The van der Waals surface area contributed by atoms with Gasteiger partial charge in [0.05, 0.1) is 16.3 Å². The van der Waals surface area contributed by atoms with Crippen LogP contribution in [-0.2, 0) is 10.0 Å². The summed E-state index contributed by atoms with van der Waals surface area (Å²) in [5, 5.41) is 10.3. The maximum atomic E-state index is 14.1. The summed E-state index contributed by atoms with van der Waals surface area (Å²) in [6, 6.07) is 18.6. The largest absolute Gasteiger partial charge is 0.282 e. The van der Waals surface area contributed by atoms with Crippen molar-refractivity contribution >= 4 is 33.2 Å². The van der Waals surface area contributed by atoms with E-state index in [0.717, 1.165) is 0 Å². The first-order valence-electron chi connectivity index (χ1n) is 9.21. The molecular formula is C22H15Cl2F2N3O2S. The minimum absolute atomic E-state index is 0.0964. The van der Waals surface area contributed by atoms with Gasteiger partial charge >= 0.3 is 0 Å². The number of nitrogens with zero attached hydrogens (tertiary/aromatic N) is 2. The summed E-state index contributed by atoms with van der Waals surface area (Å²) in [5.74, 6) is 0. The Bertz CT molecular complexity index is 1370. The summed E-state index contributed by atoms with van der Waals surface area (Å²) in [6.45, 7) is 0. The number of hydrogen-bond donors (Lipinski definition) is 1. The van der Waals surface area contributed by atoms with E-state index in [9.17, 15) is 17.2 Å². The highest BCUT2D eigenvalue weighted by Gasteiger charge is 2.27. The Hall–Kier alpha value is -2.78. The third-order valence-corrected chi connectivity index (χ3v) is 6.21. The van der Waals surface area contributed by atoms with Gasteiger partial charge < -0.3 is 0 Å². The Morgan fingerprint density at radius 2 is 1.31 bits per heavy atom. The highest BCUT2D eigenvalue weighted by atomic mass is 35.5. The number of hydrogen-bond acceptors (Lipinski definition) is 3. The molecule has 10 heteroatoms. The molecule has 0 fully saturated rings. The van der Waals surface area contributed by atoms with E-state index < -0.39 is 22.1 Å². The molecule has 1 aromatic heterocycles. The van der Waals surface area contributed by atoms with Crippen LogP contribution in [0.1, 0.15) is 12.1 Å². The van der Waals surface area contributed by atoms with Crippen LogP contribution in [0.4, 0.5) is 8.78 Å². The lowest BCUT2D eigenvalue weighted by atomic mass is 9.98. The van der Waals surface area contributed by atoms with Crippen LogP contribution in [0.5, 0.6) is 0 Å². The van der Waals surface area contributed by atoms with Crippen LogP contribution >= 0.6 is 23.2 Å². The van der Waals surface area contributed by atoms with Crippen molar-refractivity contribution in [3.8, 4) is 28.1 Å². The molecule has 0 saturated carbocycles. The molecule has 0 saturated heterocycles. The van der Waals surface area contributed by atoms with Gasteiger partial charge in [-0.3, -0.25) is 0 Å². The molecule has 164 valence electrons. The SMILES string of the molecule is NS(=O)(=O)c1ccc(-c2c(-c3ccc(Cl)cc3)c(C(F)F)nn2-c2ccc(Cl)cc2)cc1. The maximum Gasteiger partial charge on any atom is 0.282 e. The summed E-state index contributed by atoms with van der Waals surface area (Å²) < 4.78 is 52.9. The fraction of sp³-hybridized carbons (Fsp3) is 0.0455. The second-order valence-electron chi connectivity index (χ2n) is 6.87. The lowest BCUT2D eigenvalue weighted by Gasteiger charge is -2.12. The molecular weight excluding hydrogens is 479 g/mol. The molecule has 5 nitrogen and oxygen atoms in total. The van der Waals surface area contributed by atoms with Crippen molar-refractivity contribution in [2.24, 2.45) is 5.14 Å². The van der Waals surface area contributed by atoms with Crippen LogP contribution in [0.15, 0.2) is 77.7 Å². The first kappa shape index (κ1) is 22.4. The van der Waals surface area contributed by atoms with Crippen LogP contribution in [0.25, 0.3) is 28.1 Å².